The Labute approximate surface area is 448 Å². The van der Waals surface area contributed by atoms with Crippen LogP contribution in [0.2, 0.25) is 5.02 Å². The van der Waals surface area contributed by atoms with Gasteiger partial charge in [0.1, 0.15) is 35.6 Å². The SMILES string of the molecule is CC(C)(C)OC(=O)N(CCOCC(=O)Nc1cccc2c1CN(C1CCC(=O)NC1=O)C2=O)CCN1CCC(N=CC(=NN)c2ccc(Nc3ncc4c(n3)-c3ccc(Cl)cc3C(c3c(F)cccc3F)=NC4)cc2)CC1. The fraction of sp³-hybridized carbons (Fsp3) is 0.345. The fourth-order valence-corrected chi connectivity index (χ4v) is 9.71. The summed E-state index contributed by atoms with van der Waals surface area (Å²) in [5.74, 6) is 2.97. The predicted molar refractivity (Wildman–Crippen MR) is 286 cm³/mol. The molecule has 0 radical (unpaired) electrons. The van der Waals surface area contributed by atoms with Crippen LogP contribution in [0.3, 0.4) is 0 Å². The predicted octanol–water partition coefficient (Wildman–Crippen LogP) is 7.02. The quantitative estimate of drug-likeness (QED) is 0.0256. The minimum absolute atomic E-state index is 0.0193. The molecule has 5 amide bonds. The molecule has 22 heteroatoms. The highest BCUT2D eigenvalue weighted by Crippen LogP contribution is 2.36. The van der Waals surface area contributed by atoms with E-state index in [1.54, 1.807) is 74.5 Å². The molecule has 5 N–H and O–H groups in total. The van der Waals surface area contributed by atoms with Gasteiger partial charge >= 0.3 is 6.09 Å². The van der Waals surface area contributed by atoms with Crippen LogP contribution in [0.1, 0.15) is 84.6 Å². The van der Waals surface area contributed by atoms with Gasteiger partial charge in [0.25, 0.3) is 5.91 Å². The number of hydrogen-bond donors (Lipinski definition) is 4. The van der Waals surface area contributed by atoms with E-state index in [-0.39, 0.29) is 74.8 Å². The molecule has 5 heterocycles. The first-order valence-electron chi connectivity index (χ1n) is 25.2. The number of aliphatic imine (C=N–C) groups is 2. The second-order valence-corrected chi connectivity index (χ2v) is 20.3. The Hall–Kier alpha value is -8.01. The van der Waals surface area contributed by atoms with Crippen LogP contribution in [-0.4, -0.2) is 136 Å². The molecule has 5 aromatic rings. The van der Waals surface area contributed by atoms with Crippen LogP contribution < -0.4 is 21.8 Å². The lowest BCUT2D eigenvalue weighted by atomic mass is 9.95. The Morgan fingerprint density at radius 2 is 1.71 bits per heavy atom. The maximum Gasteiger partial charge on any atom is 0.410 e. The first-order chi connectivity index (χ1) is 37.0. The van der Waals surface area contributed by atoms with E-state index in [9.17, 15) is 24.0 Å². The molecular weight excluding hydrogens is 1010 g/mol. The number of piperidine rings is 2. The third-order valence-corrected chi connectivity index (χ3v) is 13.7. The van der Waals surface area contributed by atoms with Gasteiger partial charge in [-0.3, -0.25) is 34.5 Å². The number of carbonyl (C=O) groups is 5. The molecule has 0 aliphatic carbocycles. The average molecular weight is 1070 g/mol. The van der Waals surface area contributed by atoms with Crippen molar-refractivity contribution in [1.29, 1.82) is 0 Å². The number of amides is 5. The molecule has 19 nitrogen and oxygen atoms in total. The van der Waals surface area contributed by atoms with Gasteiger partial charge in [-0.2, -0.15) is 5.10 Å². The lowest BCUT2D eigenvalue weighted by Gasteiger charge is -2.33. The normalized spacial score (nSPS) is 17.0. The number of anilines is 3. The Bertz CT molecular complexity index is 3170. The Kier molecular flexibility index (Phi) is 16.4. The van der Waals surface area contributed by atoms with Gasteiger partial charge < -0.3 is 40.6 Å². The summed E-state index contributed by atoms with van der Waals surface area (Å²) >= 11 is 6.39. The molecule has 0 bridgehead atoms. The highest BCUT2D eigenvalue weighted by atomic mass is 35.5. The number of benzene rings is 4. The van der Waals surface area contributed by atoms with E-state index in [4.69, 9.17) is 36.9 Å². The second kappa shape index (κ2) is 23.5. The fourth-order valence-electron chi connectivity index (χ4n) is 9.54. The van der Waals surface area contributed by atoms with Crippen LogP contribution in [0, 0.1) is 11.6 Å². The van der Waals surface area contributed by atoms with Crippen molar-refractivity contribution >= 4 is 76.3 Å². The number of nitrogens with two attached hydrogens (primary N) is 1. The van der Waals surface area contributed by atoms with E-state index in [0.717, 1.165) is 31.5 Å². The number of fused-ring (bicyclic) bond motifs is 4. The molecule has 2 saturated heterocycles. The number of carbonyl (C=O) groups excluding carboxylic acids is 5. The van der Waals surface area contributed by atoms with Gasteiger partial charge in [0.15, 0.2) is 0 Å². The molecule has 4 aromatic carbocycles. The number of imide groups is 1. The minimum Gasteiger partial charge on any atom is -0.444 e. The zero-order chi connectivity index (χ0) is 54.4. The molecule has 0 spiro atoms. The Morgan fingerprint density at radius 3 is 2.44 bits per heavy atom. The Morgan fingerprint density at radius 1 is 0.961 bits per heavy atom. The standard InChI is InChI=1S/C55H57ClF2N12O7/c1-55(2,3)77-54(75)69(24-25-76-31-47(72)64-43-9-4-6-38-40(43)30-70(52(38)74)45-16-17-46(71)65-51(45)73)23-22-68-20-18-35(19-21-68)60-29-44(67-59)32-10-13-36(14-11-32)63-53-62-28-33-27-61-50(48-41(57)7-5-8-42(48)58)39-26-34(56)12-15-37(39)49(33)66-53/h4-15,26,28-29,35,45H,16-25,27,30-31,59H2,1-3H3,(H,64,72)(H,62,63,66)(H,65,71,73). The summed E-state index contributed by atoms with van der Waals surface area (Å²) in [5.41, 5.74) is 4.69. The van der Waals surface area contributed by atoms with Gasteiger partial charge in [0.05, 0.1) is 36.2 Å². The first kappa shape index (κ1) is 53.8. The molecule has 77 heavy (non-hydrogen) atoms. The van der Waals surface area contributed by atoms with Crippen molar-refractivity contribution in [1.82, 2.24) is 30.0 Å². The van der Waals surface area contributed by atoms with Crippen LogP contribution in [0.5, 0.6) is 0 Å². The maximum atomic E-state index is 15.0. The summed E-state index contributed by atoms with van der Waals surface area (Å²) < 4.78 is 41.5. The molecule has 1 aromatic heterocycles. The third-order valence-electron chi connectivity index (χ3n) is 13.4. The first-order valence-corrected chi connectivity index (χ1v) is 25.6. The smallest absolute Gasteiger partial charge is 0.410 e. The molecule has 1 atom stereocenters. The van der Waals surface area contributed by atoms with Crippen molar-refractivity contribution in [2.75, 3.05) is 56.6 Å². The van der Waals surface area contributed by atoms with E-state index >= 15 is 8.78 Å². The number of rotatable bonds is 16. The molecular formula is C55H57ClF2N12O7. The molecule has 9 rings (SSSR count). The van der Waals surface area contributed by atoms with Gasteiger partial charge in [0, 0.05) is 108 Å². The summed E-state index contributed by atoms with van der Waals surface area (Å²) in [5, 5.41) is 12.7. The van der Waals surface area contributed by atoms with Gasteiger partial charge in [-0.15, -0.1) is 0 Å². The van der Waals surface area contributed by atoms with E-state index < -0.39 is 41.2 Å². The minimum atomic E-state index is -0.784. The molecule has 4 aliphatic heterocycles. The summed E-state index contributed by atoms with van der Waals surface area (Å²) in [6.45, 7) is 7.89. The summed E-state index contributed by atoms with van der Waals surface area (Å²) in [6, 6.07) is 20.3. The number of ether oxygens (including phenoxy) is 2. The second-order valence-electron chi connectivity index (χ2n) is 19.9. The van der Waals surface area contributed by atoms with Gasteiger partial charge in [-0.1, -0.05) is 41.9 Å². The molecule has 1 unspecified atom stereocenters. The van der Waals surface area contributed by atoms with Crippen molar-refractivity contribution < 1.29 is 42.2 Å². The van der Waals surface area contributed by atoms with Crippen LogP contribution in [0.25, 0.3) is 11.3 Å². The summed E-state index contributed by atoms with van der Waals surface area (Å²) in [7, 11) is 0. The van der Waals surface area contributed by atoms with E-state index in [0.29, 0.717) is 74.7 Å². The molecule has 2 fully saturated rings. The van der Waals surface area contributed by atoms with Crippen molar-refractivity contribution in [2.24, 2.45) is 20.9 Å². The number of hydrogen-bond acceptors (Lipinski definition) is 15. The largest absolute Gasteiger partial charge is 0.444 e. The van der Waals surface area contributed by atoms with Crippen molar-refractivity contribution in [3.05, 3.63) is 135 Å². The number of likely N-dealkylation sites (tertiary alicyclic amines) is 1. The highest BCUT2D eigenvalue weighted by molar-refractivity contribution is 6.38. The highest BCUT2D eigenvalue weighted by Gasteiger charge is 2.40. The van der Waals surface area contributed by atoms with Crippen LogP contribution in [0.4, 0.5) is 30.9 Å². The monoisotopic (exact) mass is 1070 g/mol. The van der Waals surface area contributed by atoms with E-state index in [1.165, 1.54) is 23.1 Å². The van der Waals surface area contributed by atoms with Gasteiger partial charge in [-0.05, 0) is 88.6 Å². The number of halogens is 3. The van der Waals surface area contributed by atoms with Gasteiger partial charge in [0.2, 0.25) is 23.7 Å². The number of hydrazone groups is 1. The van der Waals surface area contributed by atoms with Crippen molar-refractivity contribution in [3.63, 3.8) is 0 Å². The number of nitrogens with one attached hydrogen (secondary N) is 3. The van der Waals surface area contributed by atoms with Crippen molar-refractivity contribution in [3.8, 4) is 11.3 Å². The summed E-state index contributed by atoms with van der Waals surface area (Å²) in [6.07, 6.45) is 4.70. The molecule has 4 aliphatic rings. The van der Waals surface area contributed by atoms with E-state index in [2.05, 4.69) is 35.9 Å². The third kappa shape index (κ3) is 12.8. The number of nitrogens with zero attached hydrogens (tertiary/aromatic N) is 8. The zero-order valence-corrected chi connectivity index (χ0v) is 43.4. The van der Waals surface area contributed by atoms with Gasteiger partial charge in [-0.25, -0.2) is 23.5 Å². The molecule has 400 valence electrons. The van der Waals surface area contributed by atoms with Crippen molar-refractivity contribution in [2.45, 2.75) is 77.2 Å². The van der Waals surface area contributed by atoms with Crippen LogP contribution >= 0.6 is 11.6 Å². The lowest BCUT2D eigenvalue weighted by Crippen LogP contribution is -2.52. The topological polar surface area (TPSA) is 238 Å². The summed E-state index contributed by atoms with van der Waals surface area (Å²) in [4.78, 5) is 87.8. The van der Waals surface area contributed by atoms with Crippen LogP contribution in [-0.2, 0) is 36.9 Å². The average Bonchev–Trinajstić information content (AvgIpc) is 3.65. The number of aromatic nitrogens is 2. The zero-order valence-electron chi connectivity index (χ0n) is 42.7. The lowest BCUT2D eigenvalue weighted by molar-refractivity contribution is -0.137. The maximum absolute atomic E-state index is 15.0. The molecule has 0 saturated carbocycles. The van der Waals surface area contributed by atoms with Crippen LogP contribution in [0.15, 0.2) is 100 Å². The van der Waals surface area contributed by atoms with E-state index in [1.807, 2.05) is 24.3 Å². The Balaban J connectivity index is 0.743.